The second kappa shape index (κ2) is 4.05. The minimum Gasteiger partial charge on any atom is -0.354 e. The highest BCUT2D eigenvalue weighted by Gasteiger charge is 2.49. The average Bonchev–Trinajstić information content (AvgIpc) is 2.59. The van der Waals surface area contributed by atoms with Gasteiger partial charge in [0.25, 0.3) is 5.88 Å². The molecule has 0 amide bonds. The summed E-state index contributed by atoms with van der Waals surface area (Å²) in [4.78, 5) is 0. The zero-order valence-electron chi connectivity index (χ0n) is 8.23. The quantitative estimate of drug-likeness (QED) is 0.486. The van der Waals surface area contributed by atoms with Crippen molar-refractivity contribution in [3.05, 3.63) is 24.0 Å². The van der Waals surface area contributed by atoms with Gasteiger partial charge in [-0.2, -0.15) is 26.0 Å². The Morgan fingerprint density at radius 1 is 1.28 bits per heavy atom. The Morgan fingerprint density at radius 2 is 1.94 bits per heavy atom. The van der Waals surface area contributed by atoms with Gasteiger partial charge in [0.05, 0.1) is 10.1 Å². The van der Waals surface area contributed by atoms with Gasteiger partial charge in [0.1, 0.15) is 5.82 Å². The summed E-state index contributed by atoms with van der Waals surface area (Å²) in [7, 11) is -5.80. The molecule has 10 heteroatoms. The maximum Gasteiger partial charge on any atom is 0.534 e. The van der Waals surface area contributed by atoms with Gasteiger partial charge in [0, 0.05) is 0 Å². The largest absolute Gasteiger partial charge is 0.534 e. The number of fused-ring (bicyclic) bond motifs is 1. The van der Waals surface area contributed by atoms with Crippen LogP contribution in [0.5, 0.6) is 5.88 Å². The van der Waals surface area contributed by atoms with Crippen molar-refractivity contribution in [3.8, 4) is 5.88 Å². The molecule has 1 aromatic carbocycles. The average molecular weight is 301 g/mol. The molecular formula is C8H3F4NO3S2. The van der Waals surface area contributed by atoms with Crippen LogP contribution in [0, 0.1) is 5.82 Å². The highest BCUT2D eigenvalue weighted by atomic mass is 32.2. The van der Waals surface area contributed by atoms with E-state index < -0.39 is 27.3 Å². The lowest BCUT2D eigenvalue weighted by atomic mass is 10.3. The van der Waals surface area contributed by atoms with Crippen LogP contribution in [0.2, 0.25) is 0 Å². The molecule has 0 aliphatic carbocycles. The van der Waals surface area contributed by atoms with Gasteiger partial charge in [-0.1, -0.05) is 0 Å². The molecule has 0 fully saturated rings. The summed E-state index contributed by atoms with van der Waals surface area (Å²) in [6.45, 7) is 0. The number of benzene rings is 1. The molecule has 0 aliphatic heterocycles. The number of hydrogen-bond donors (Lipinski definition) is 0. The summed E-state index contributed by atoms with van der Waals surface area (Å²) >= 11 is 0.701. The third-order valence-corrected chi connectivity index (χ3v) is 3.63. The van der Waals surface area contributed by atoms with Gasteiger partial charge in [-0.15, -0.1) is 0 Å². The predicted octanol–water partition coefficient (Wildman–Crippen LogP) is 2.66. The van der Waals surface area contributed by atoms with Crippen LogP contribution in [0.15, 0.2) is 18.2 Å². The number of nitrogens with zero attached hydrogens (tertiary/aromatic N) is 1. The Labute approximate surface area is 102 Å². The first kappa shape index (κ1) is 13.0. The SMILES string of the molecule is O=S(=O)(Oc1nsc2ccc(F)cc12)C(F)(F)F. The van der Waals surface area contributed by atoms with E-state index in [0.29, 0.717) is 16.2 Å². The number of alkyl halides is 3. The van der Waals surface area contributed by atoms with Crippen LogP contribution in [0.4, 0.5) is 17.6 Å². The summed E-state index contributed by atoms with van der Waals surface area (Å²) in [6, 6.07) is 3.18. The fourth-order valence-electron chi connectivity index (χ4n) is 1.10. The van der Waals surface area contributed by atoms with Crippen molar-refractivity contribution in [2.45, 2.75) is 5.51 Å². The van der Waals surface area contributed by atoms with Crippen molar-refractivity contribution in [3.63, 3.8) is 0 Å². The van der Waals surface area contributed by atoms with Crippen LogP contribution >= 0.6 is 11.5 Å². The minimum absolute atomic E-state index is 0.132. The minimum atomic E-state index is -5.80. The molecule has 1 aromatic heterocycles. The first-order chi connectivity index (χ1) is 8.21. The molecule has 0 spiro atoms. The van der Waals surface area contributed by atoms with Gasteiger partial charge < -0.3 is 4.18 Å². The normalized spacial score (nSPS) is 12.9. The Hall–Kier alpha value is -1.42. The van der Waals surface area contributed by atoms with Gasteiger partial charge in [0.2, 0.25) is 0 Å². The fraction of sp³-hybridized carbons (Fsp3) is 0.125. The van der Waals surface area contributed by atoms with E-state index >= 15 is 0 Å². The molecule has 0 N–H and O–H groups in total. The van der Waals surface area contributed by atoms with Gasteiger partial charge in [-0.05, 0) is 29.7 Å². The zero-order chi connectivity index (χ0) is 13.6. The summed E-state index contributed by atoms with van der Waals surface area (Å²) < 4.78 is 78.3. The lowest BCUT2D eigenvalue weighted by Gasteiger charge is -2.07. The third-order valence-electron chi connectivity index (χ3n) is 1.87. The van der Waals surface area contributed by atoms with Crippen molar-refractivity contribution < 1.29 is 30.2 Å². The summed E-state index contributed by atoms with van der Waals surface area (Å²) in [5, 5.41) is -0.132. The zero-order valence-corrected chi connectivity index (χ0v) is 9.87. The number of hydrogen-bond acceptors (Lipinski definition) is 5. The molecule has 1 heterocycles. The number of aromatic nitrogens is 1. The maximum absolute atomic E-state index is 12.9. The van der Waals surface area contributed by atoms with E-state index in [-0.39, 0.29) is 5.39 Å². The molecule has 98 valence electrons. The van der Waals surface area contributed by atoms with Gasteiger partial charge in [-0.3, -0.25) is 0 Å². The molecule has 0 bridgehead atoms. The van der Waals surface area contributed by atoms with Gasteiger partial charge in [0.15, 0.2) is 0 Å². The molecule has 0 aliphatic rings. The van der Waals surface area contributed by atoms with E-state index in [0.717, 1.165) is 12.1 Å². The molecule has 4 nitrogen and oxygen atoms in total. The molecule has 0 unspecified atom stereocenters. The predicted molar refractivity (Wildman–Crippen MR) is 55.2 cm³/mol. The van der Waals surface area contributed by atoms with Crippen LogP contribution in [0.3, 0.4) is 0 Å². The number of halogens is 4. The Bertz CT molecular complexity index is 692. The first-order valence-electron chi connectivity index (χ1n) is 4.26. The highest BCUT2D eigenvalue weighted by Crippen LogP contribution is 2.33. The highest BCUT2D eigenvalue weighted by molar-refractivity contribution is 7.88. The van der Waals surface area contributed by atoms with Crippen molar-refractivity contribution in [2.75, 3.05) is 0 Å². The molecule has 0 saturated heterocycles. The molecule has 0 atom stereocenters. The van der Waals surface area contributed by atoms with Crippen LogP contribution < -0.4 is 4.18 Å². The molecule has 0 radical (unpaired) electrons. The van der Waals surface area contributed by atoms with Crippen LogP contribution in [0.25, 0.3) is 10.1 Å². The summed E-state index contributed by atoms with van der Waals surface area (Å²) in [5.74, 6) is -1.52. The van der Waals surface area contributed by atoms with Crippen LogP contribution in [0.1, 0.15) is 0 Å². The molecule has 0 saturated carbocycles. The van der Waals surface area contributed by atoms with Crippen molar-refractivity contribution in [1.29, 1.82) is 0 Å². The van der Waals surface area contributed by atoms with Crippen molar-refractivity contribution in [2.24, 2.45) is 0 Å². The number of rotatable bonds is 2. The molecule has 2 rings (SSSR count). The van der Waals surface area contributed by atoms with Gasteiger partial charge in [-0.25, -0.2) is 4.39 Å². The van der Waals surface area contributed by atoms with E-state index in [1.54, 1.807) is 0 Å². The maximum atomic E-state index is 12.9. The van der Waals surface area contributed by atoms with Crippen molar-refractivity contribution in [1.82, 2.24) is 4.37 Å². The molecular weight excluding hydrogens is 298 g/mol. The lowest BCUT2D eigenvalue weighted by Crippen LogP contribution is -2.28. The third kappa shape index (κ3) is 2.25. The Morgan fingerprint density at radius 3 is 2.56 bits per heavy atom. The van der Waals surface area contributed by atoms with E-state index in [4.69, 9.17) is 0 Å². The molecule has 18 heavy (non-hydrogen) atoms. The van der Waals surface area contributed by atoms with E-state index in [1.165, 1.54) is 6.07 Å². The van der Waals surface area contributed by atoms with Crippen molar-refractivity contribution >= 4 is 31.7 Å². The topological polar surface area (TPSA) is 56.3 Å². The smallest absolute Gasteiger partial charge is 0.354 e. The summed E-state index contributed by atoms with van der Waals surface area (Å²) in [6.07, 6.45) is 0. The first-order valence-corrected chi connectivity index (χ1v) is 6.44. The summed E-state index contributed by atoms with van der Waals surface area (Å²) in [5.41, 5.74) is -5.56. The second-order valence-electron chi connectivity index (χ2n) is 3.11. The monoisotopic (exact) mass is 301 g/mol. The van der Waals surface area contributed by atoms with Crippen LogP contribution in [-0.2, 0) is 10.1 Å². The van der Waals surface area contributed by atoms with E-state index in [1.807, 2.05) is 0 Å². The van der Waals surface area contributed by atoms with E-state index in [9.17, 15) is 26.0 Å². The van der Waals surface area contributed by atoms with E-state index in [2.05, 4.69) is 8.56 Å². The Balaban J connectivity index is 2.48. The standard InChI is InChI=1S/C8H3F4NO3S2/c9-4-1-2-6-5(3-4)7(13-17-6)16-18(14,15)8(10,11)12/h1-3H. The lowest BCUT2D eigenvalue weighted by molar-refractivity contribution is -0.0500. The molecule has 2 aromatic rings. The Kier molecular flexibility index (Phi) is 2.93. The second-order valence-corrected chi connectivity index (χ2v) is 5.45. The van der Waals surface area contributed by atoms with Crippen LogP contribution in [-0.4, -0.2) is 18.3 Å². The fourth-order valence-corrected chi connectivity index (χ4v) is 2.27. The van der Waals surface area contributed by atoms with Gasteiger partial charge >= 0.3 is 15.6 Å².